The van der Waals surface area contributed by atoms with Crippen molar-refractivity contribution in [2.75, 3.05) is 23.9 Å². The van der Waals surface area contributed by atoms with Crippen molar-refractivity contribution in [3.63, 3.8) is 0 Å². The van der Waals surface area contributed by atoms with Crippen LogP contribution in [0.1, 0.15) is 13.3 Å². The van der Waals surface area contributed by atoms with Crippen molar-refractivity contribution in [3.05, 3.63) is 32.4 Å². The van der Waals surface area contributed by atoms with Gasteiger partial charge >= 0.3 is 11.4 Å². The summed E-state index contributed by atoms with van der Waals surface area (Å²) in [5, 5.41) is 22.7. The lowest BCUT2D eigenvalue weighted by Gasteiger charge is -2.23. The number of sulfonamides is 1. The molecule has 134 valence electrons. The van der Waals surface area contributed by atoms with Gasteiger partial charge in [0, 0.05) is 31.1 Å². The average Bonchev–Trinajstić information content (AvgIpc) is 2.53. The third-order valence-electron chi connectivity index (χ3n) is 3.01. The van der Waals surface area contributed by atoms with Gasteiger partial charge in [-0.05, 0) is 18.2 Å². The van der Waals surface area contributed by atoms with E-state index in [2.05, 4.69) is 0 Å². The van der Waals surface area contributed by atoms with Crippen molar-refractivity contribution < 1.29 is 18.3 Å². The molecule has 0 fully saturated rings. The van der Waals surface area contributed by atoms with E-state index in [1.807, 2.05) is 0 Å². The highest BCUT2D eigenvalue weighted by molar-refractivity contribution is 7.90. The Morgan fingerprint density at radius 2 is 1.67 bits per heavy atom. The topological polar surface area (TPSA) is 136 Å². The first-order chi connectivity index (χ1) is 11.2. The summed E-state index contributed by atoms with van der Waals surface area (Å²) in [6, 6.07) is 1.45. The van der Waals surface area contributed by atoms with Crippen molar-refractivity contribution in [1.29, 1.82) is 0 Å². The first kappa shape index (κ1) is 20.4. The van der Waals surface area contributed by atoms with Gasteiger partial charge in [0.15, 0.2) is 5.69 Å². The SMILES string of the molecule is CCCN(CCCl)c1c([N+](=O)[O-])cc(S(=O)(=O)NCl)cc1[N+](=O)[O-]. The summed E-state index contributed by atoms with van der Waals surface area (Å²) in [5.74, 6) is 0.0809. The summed E-state index contributed by atoms with van der Waals surface area (Å²) in [5.41, 5.74) is -1.72. The summed E-state index contributed by atoms with van der Waals surface area (Å²) in [7, 11) is -4.32. The fourth-order valence-electron chi connectivity index (χ4n) is 2.09. The van der Waals surface area contributed by atoms with Gasteiger partial charge in [0.1, 0.15) is 0 Å². The number of rotatable bonds is 9. The van der Waals surface area contributed by atoms with Crippen LogP contribution in [0.2, 0.25) is 0 Å². The zero-order chi connectivity index (χ0) is 18.5. The number of halogens is 2. The van der Waals surface area contributed by atoms with Crippen molar-refractivity contribution >= 4 is 50.5 Å². The molecule has 0 atom stereocenters. The summed E-state index contributed by atoms with van der Waals surface area (Å²) < 4.78 is 25.0. The Hall–Kier alpha value is -1.69. The van der Waals surface area contributed by atoms with E-state index in [0.717, 1.165) is 12.1 Å². The van der Waals surface area contributed by atoms with Crippen molar-refractivity contribution in [2.45, 2.75) is 18.2 Å². The molecule has 10 nitrogen and oxygen atoms in total. The summed E-state index contributed by atoms with van der Waals surface area (Å²) in [6.45, 7) is 2.18. The van der Waals surface area contributed by atoms with E-state index in [1.54, 1.807) is 6.92 Å². The molecule has 1 aromatic carbocycles. The highest BCUT2D eigenvalue weighted by Crippen LogP contribution is 2.40. The third-order valence-corrected chi connectivity index (χ3v) is 4.85. The Morgan fingerprint density at radius 1 is 1.17 bits per heavy atom. The minimum Gasteiger partial charge on any atom is -0.359 e. The molecule has 0 saturated heterocycles. The van der Waals surface area contributed by atoms with Gasteiger partial charge in [0.05, 0.1) is 14.7 Å². The van der Waals surface area contributed by atoms with Gasteiger partial charge in [-0.25, -0.2) is 8.42 Å². The van der Waals surface area contributed by atoms with Gasteiger partial charge in [-0.2, -0.15) is 0 Å². The number of nitrogens with zero attached hydrogens (tertiary/aromatic N) is 3. The number of nitro benzene ring substituents is 2. The van der Waals surface area contributed by atoms with Crippen LogP contribution >= 0.6 is 23.4 Å². The predicted octanol–water partition coefficient (Wildman–Crippen LogP) is 2.39. The van der Waals surface area contributed by atoms with Gasteiger partial charge in [0.2, 0.25) is 0 Å². The lowest BCUT2D eigenvalue weighted by atomic mass is 10.2. The highest BCUT2D eigenvalue weighted by atomic mass is 35.5. The molecule has 0 heterocycles. The van der Waals surface area contributed by atoms with E-state index in [-0.39, 0.29) is 24.7 Å². The molecule has 0 spiro atoms. The lowest BCUT2D eigenvalue weighted by Crippen LogP contribution is -2.28. The van der Waals surface area contributed by atoms with Gasteiger partial charge < -0.3 is 4.90 Å². The minimum atomic E-state index is -4.32. The second-order valence-electron chi connectivity index (χ2n) is 4.58. The number of alkyl halides is 1. The molecule has 0 unspecified atom stereocenters. The monoisotopic (exact) mass is 400 g/mol. The molecule has 0 radical (unpaired) electrons. The number of benzene rings is 1. The molecule has 0 bridgehead atoms. The van der Waals surface area contributed by atoms with Gasteiger partial charge in [-0.3, -0.25) is 20.2 Å². The van der Waals surface area contributed by atoms with Gasteiger partial charge in [0.25, 0.3) is 10.0 Å². The molecule has 0 saturated carbocycles. The number of nitro groups is 2. The van der Waals surface area contributed by atoms with Gasteiger partial charge in [-0.15, -0.1) is 15.8 Å². The molecule has 0 aliphatic rings. The molecule has 0 amide bonds. The second-order valence-corrected chi connectivity index (χ2v) is 7.05. The Morgan fingerprint density at radius 3 is 2.00 bits per heavy atom. The van der Waals surface area contributed by atoms with Crippen LogP contribution in [0.25, 0.3) is 0 Å². The number of hydrogen-bond donors (Lipinski definition) is 1. The fraction of sp³-hybridized carbons (Fsp3) is 0.455. The van der Waals surface area contributed by atoms with Crippen LogP contribution in [0.3, 0.4) is 0 Å². The summed E-state index contributed by atoms with van der Waals surface area (Å²) in [4.78, 5) is 21.6. The molecule has 13 heteroatoms. The van der Waals surface area contributed by atoms with Gasteiger partial charge in [-0.1, -0.05) is 6.92 Å². The average molecular weight is 401 g/mol. The van der Waals surface area contributed by atoms with Crippen LogP contribution in [0, 0.1) is 20.2 Å². The molecule has 0 aliphatic carbocycles. The molecule has 0 aliphatic heterocycles. The quantitative estimate of drug-likeness (QED) is 0.290. The van der Waals surface area contributed by atoms with E-state index < -0.39 is 36.1 Å². The standard InChI is InChI=1S/C11H14Cl2N4O6S/c1-2-4-15(5-3-12)11-9(16(18)19)6-8(24(22,23)14-13)7-10(11)17(20)21/h6-7,14H,2-5H2,1H3. The Balaban J connectivity index is 3.79. The minimum absolute atomic E-state index is 0.0809. The maximum absolute atomic E-state index is 11.8. The Labute approximate surface area is 147 Å². The summed E-state index contributed by atoms with van der Waals surface area (Å²) >= 11 is 10.8. The molecular formula is C11H14Cl2N4O6S. The normalized spacial score (nSPS) is 11.3. The van der Waals surface area contributed by atoms with Crippen molar-refractivity contribution in [1.82, 2.24) is 4.24 Å². The third kappa shape index (κ3) is 4.44. The lowest BCUT2D eigenvalue weighted by molar-refractivity contribution is -0.393. The van der Waals surface area contributed by atoms with Crippen molar-refractivity contribution in [3.8, 4) is 0 Å². The molecule has 1 N–H and O–H groups in total. The van der Waals surface area contributed by atoms with Crippen LogP contribution in [0.15, 0.2) is 17.0 Å². The van der Waals surface area contributed by atoms with E-state index >= 15 is 0 Å². The molecule has 24 heavy (non-hydrogen) atoms. The Kier molecular flexibility index (Phi) is 7.14. The predicted molar refractivity (Wildman–Crippen MR) is 89.1 cm³/mol. The maximum atomic E-state index is 11.8. The van der Waals surface area contributed by atoms with Crippen LogP contribution in [-0.4, -0.2) is 37.2 Å². The second kappa shape index (κ2) is 8.42. The number of hydrogen-bond acceptors (Lipinski definition) is 7. The molecular weight excluding hydrogens is 387 g/mol. The van der Waals surface area contributed by atoms with Crippen LogP contribution in [-0.2, 0) is 10.0 Å². The van der Waals surface area contributed by atoms with Crippen LogP contribution < -0.4 is 9.14 Å². The van der Waals surface area contributed by atoms with Crippen molar-refractivity contribution in [2.24, 2.45) is 0 Å². The van der Waals surface area contributed by atoms with Crippen LogP contribution in [0.4, 0.5) is 17.1 Å². The summed E-state index contributed by atoms with van der Waals surface area (Å²) in [6.07, 6.45) is 0.550. The number of nitrogens with one attached hydrogen (secondary N) is 1. The number of anilines is 1. The fourth-order valence-corrected chi connectivity index (χ4v) is 3.18. The van der Waals surface area contributed by atoms with Crippen LogP contribution in [0.5, 0.6) is 0 Å². The molecule has 0 aromatic heterocycles. The first-order valence-electron chi connectivity index (χ1n) is 6.59. The maximum Gasteiger partial charge on any atom is 0.301 e. The molecule has 1 rings (SSSR count). The van der Waals surface area contributed by atoms with E-state index in [4.69, 9.17) is 23.4 Å². The zero-order valence-corrected chi connectivity index (χ0v) is 14.8. The highest BCUT2D eigenvalue weighted by Gasteiger charge is 2.33. The van der Waals surface area contributed by atoms with E-state index in [1.165, 1.54) is 9.14 Å². The smallest absolute Gasteiger partial charge is 0.301 e. The first-order valence-corrected chi connectivity index (χ1v) is 8.99. The van der Waals surface area contributed by atoms with E-state index in [0.29, 0.717) is 6.42 Å². The molecule has 1 aromatic rings. The zero-order valence-electron chi connectivity index (χ0n) is 12.4. The Bertz CT molecular complexity index is 701. The van der Waals surface area contributed by atoms with E-state index in [9.17, 15) is 28.6 Å². The largest absolute Gasteiger partial charge is 0.359 e.